The first-order chi connectivity index (χ1) is 9.54. The third-order valence-electron chi connectivity index (χ3n) is 3.28. The molecular formula is C14H10F2N2O2. The Morgan fingerprint density at radius 2 is 2.05 bits per heavy atom. The van der Waals surface area contributed by atoms with Crippen LogP contribution in [0.2, 0.25) is 0 Å². The lowest BCUT2D eigenvalue weighted by Gasteiger charge is -2.11. The topological polar surface area (TPSA) is 54.9 Å². The molecule has 0 saturated heterocycles. The Kier molecular flexibility index (Phi) is 2.71. The third kappa shape index (κ3) is 1.74. The minimum Gasteiger partial charge on any atom is -0.289 e. The monoisotopic (exact) mass is 276 g/mol. The van der Waals surface area contributed by atoms with Gasteiger partial charge in [0.05, 0.1) is 16.5 Å². The number of aromatic amines is 1. The molecule has 1 fully saturated rings. The van der Waals surface area contributed by atoms with Crippen molar-refractivity contribution < 1.29 is 8.78 Å². The molecule has 1 aromatic heterocycles. The summed E-state index contributed by atoms with van der Waals surface area (Å²) in [4.78, 5) is 25.9. The number of rotatable bonds is 1. The molecule has 0 bridgehead atoms. The molecule has 102 valence electrons. The Labute approximate surface area is 112 Å². The summed E-state index contributed by atoms with van der Waals surface area (Å²) in [6, 6.07) is 0.715. The number of hydrogen-bond acceptors (Lipinski definition) is 2. The van der Waals surface area contributed by atoms with E-state index in [0.717, 1.165) is 18.9 Å². The van der Waals surface area contributed by atoms with Gasteiger partial charge in [-0.15, -0.1) is 5.92 Å². The van der Waals surface area contributed by atoms with Crippen LogP contribution >= 0.6 is 0 Å². The molecule has 4 nitrogen and oxygen atoms in total. The summed E-state index contributed by atoms with van der Waals surface area (Å²) in [6.45, 7) is 1.48. The van der Waals surface area contributed by atoms with E-state index < -0.39 is 22.9 Å². The van der Waals surface area contributed by atoms with Crippen LogP contribution in [0.25, 0.3) is 10.9 Å². The van der Waals surface area contributed by atoms with Gasteiger partial charge in [-0.25, -0.2) is 13.6 Å². The van der Waals surface area contributed by atoms with Gasteiger partial charge in [0.2, 0.25) is 0 Å². The number of nitrogens with zero attached hydrogens (tertiary/aromatic N) is 1. The van der Waals surface area contributed by atoms with Crippen LogP contribution in [0.4, 0.5) is 8.78 Å². The van der Waals surface area contributed by atoms with Gasteiger partial charge >= 0.3 is 5.69 Å². The van der Waals surface area contributed by atoms with Crippen LogP contribution in [0.1, 0.15) is 31.4 Å². The van der Waals surface area contributed by atoms with E-state index in [9.17, 15) is 18.4 Å². The molecule has 0 spiro atoms. The maximum absolute atomic E-state index is 13.9. The Balaban J connectivity index is 2.61. The van der Waals surface area contributed by atoms with E-state index in [4.69, 9.17) is 0 Å². The standard InChI is InChI=1S/C14H10F2N2O2/c1-2-3-8-11(16)10(15)6-9-12(8)18(7-4-5-7)14(20)17-13(9)19/h6-7H,4-5H2,1H3,(H,17,19,20). The zero-order valence-corrected chi connectivity index (χ0v) is 10.6. The maximum atomic E-state index is 13.9. The molecule has 1 aliphatic rings. The van der Waals surface area contributed by atoms with Crippen LogP contribution < -0.4 is 11.2 Å². The van der Waals surface area contributed by atoms with E-state index in [2.05, 4.69) is 16.8 Å². The molecule has 6 heteroatoms. The Morgan fingerprint density at radius 3 is 2.65 bits per heavy atom. The first-order valence-electron chi connectivity index (χ1n) is 6.14. The van der Waals surface area contributed by atoms with Crippen LogP contribution in [-0.2, 0) is 0 Å². The average molecular weight is 276 g/mol. The highest BCUT2D eigenvalue weighted by molar-refractivity contribution is 5.84. The van der Waals surface area contributed by atoms with E-state index >= 15 is 0 Å². The second-order valence-electron chi connectivity index (χ2n) is 4.68. The van der Waals surface area contributed by atoms with Gasteiger partial charge in [-0.1, -0.05) is 5.92 Å². The van der Waals surface area contributed by atoms with Gasteiger partial charge in [0.15, 0.2) is 11.6 Å². The van der Waals surface area contributed by atoms with Crippen molar-refractivity contribution >= 4 is 10.9 Å². The molecule has 1 aromatic carbocycles. The van der Waals surface area contributed by atoms with Gasteiger partial charge in [-0.2, -0.15) is 0 Å². The van der Waals surface area contributed by atoms with Crippen molar-refractivity contribution in [2.75, 3.05) is 0 Å². The SMILES string of the molecule is CC#Cc1c(F)c(F)cc2c(=O)[nH]c(=O)n(C3CC3)c12. The van der Waals surface area contributed by atoms with Crippen molar-refractivity contribution in [3.8, 4) is 11.8 Å². The van der Waals surface area contributed by atoms with E-state index in [1.807, 2.05) is 0 Å². The predicted octanol–water partition coefficient (Wildman–Crippen LogP) is 1.67. The summed E-state index contributed by atoms with van der Waals surface area (Å²) >= 11 is 0. The lowest BCUT2D eigenvalue weighted by molar-refractivity contribution is 0.507. The van der Waals surface area contributed by atoms with Gasteiger partial charge in [0.25, 0.3) is 5.56 Å². The zero-order valence-electron chi connectivity index (χ0n) is 10.6. The molecule has 3 rings (SSSR count). The quantitative estimate of drug-likeness (QED) is 0.806. The molecule has 1 aliphatic carbocycles. The van der Waals surface area contributed by atoms with Crippen molar-refractivity contribution in [3.05, 3.63) is 44.1 Å². The van der Waals surface area contributed by atoms with Gasteiger partial charge < -0.3 is 0 Å². The van der Waals surface area contributed by atoms with Crippen molar-refractivity contribution in [2.45, 2.75) is 25.8 Å². The minimum atomic E-state index is -1.15. The van der Waals surface area contributed by atoms with Crippen molar-refractivity contribution in [1.82, 2.24) is 9.55 Å². The number of hydrogen-bond donors (Lipinski definition) is 1. The highest BCUT2D eigenvalue weighted by Gasteiger charge is 2.29. The molecular weight excluding hydrogens is 266 g/mol. The van der Waals surface area contributed by atoms with Gasteiger partial charge in [0.1, 0.15) is 0 Å². The van der Waals surface area contributed by atoms with Gasteiger partial charge in [-0.05, 0) is 25.8 Å². The second-order valence-corrected chi connectivity index (χ2v) is 4.68. The molecule has 1 N–H and O–H groups in total. The molecule has 2 aromatic rings. The predicted molar refractivity (Wildman–Crippen MR) is 69.6 cm³/mol. The van der Waals surface area contributed by atoms with Crippen molar-refractivity contribution in [3.63, 3.8) is 0 Å². The summed E-state index contributed by atoms with van der Waals surface area (Å²) in [5.41, 5.74) is -1.51. The number of fused-ring (bicyclic) bond motifs is 1. The largest absolute Gasteiger partial charge is 0.329 e. The lowest BCUT2D eigenvalue weighted by Crippen LogP contribution is -2.30. The number of halogens is 2. The van der Waals surface area contributed by atoms with Crippen LogP contribution in [0.15, 0.2) is 15.7 Å². The molecule has 1 heterocycles. The summed E-state index contributed by atoms with van der Waals surface area (Å²) < 4.78 is 28.8. The summed E-state index contributed by atoms with van der Waals surface area (Å²) in [5.74, 6) is 2.66. The Hall–Kier alpha value is -2.42. The van der Waals surface area contributed by atoms with Crippen LogP contribution in [0, 0.1) is 23.5 Å². The van der Waals surface area contributed by atoms with Crippen LogP contribution in [0.5, 0.6) is 0 Å². The molecule has 0 atom stereocenters. The number of aromatic nitrogens is 2. The number of benzene rings is 1. The van der Waals surface area contributed by atoms with Crippen LogP contribution in [-0.4, -0.2) is 9.55 Å². The van der Waals surface area contributed by atoms with E-state index in [1.165, 1.54) is 11.5 Å². The van der Waals surface area contributed by atoms with E-state index in [1.54, 1.807) is 0 Å². The smallest absolute Gasteiger partial charge is 0.289 e. The summed E-state index contributed by atoms with van der Waals surface area (Å²) in [7, 11) is 0. The van der Waals surface area contributed by atoms with Crippen LogP contribution in [0.3, 0.4) is 0 Å². The average Bonchev–Trinajstić information content (AvgIpc) is 3.21. The fourth-order valence-corrected chi connectivity index (χ4v) is 2.29. The first kappa shape index (κ1) is 12.6. The molecule has 1 saturated carbocycles. The zero-order chi connectivity index (χ0) is 14.4. The fraction of sp³-hybridized carbons (Fsp3) is 0.286. The Morgan fingerprint density at radius 1 is 1.35 bits per heavy atom. The second kappa shape index (κ2) is 4.30. The molecule has 20 heavy (non-hydrogen) atoms. The minimum absolute atomic E-state index is 0.0619. The maximum Gasteiger partial charge on any atom is 0.329 e. The summed E-state index contributed by atoms with van der Waals surface area (Å²) in [6.07, 6.45) is 1.53. The Bertz CT molecular complexity index is 896. The number of H-pyrrole nitrogens is 1. The van der Waals surface area contributed by atoms with E-state index in [-0.39, 0.29) is 22.5 Å². The highest BCUT2D eigenvalue weighted by atomic mass is 19.2. The fourth-order valence-electron chi connectivity index (χ4n) is 2.29. The summed E-state index contributed by atoms with van der Waals surface area (Å²) in [5, 5.41) is -0.0619. The molecule has 0 unspecified atom stereocenters. The van der Waals surface area contributed by atoms with Gasteiger partial charge in [0, 0.05) is 6.04 Å². The normalized spacial score (nSPS) is 14.2. The lowest BCUT2D eigenvalue weighted by atomic mass is 10.1. The highest BCUT2D eigenvalue weighted by Crippen LogP contribution is 2.36. The molecule has 0 radical (unpaired) electrons. The number of nitrogens with one attached hydrogen (secondary N) is 1. The molecule has 0 aliphatic heterocycles. The van der Waals surface area contributed by atoms with E-state index in [0.29, 0.717) is 0 Å². The molecule has 0 amide bonds. The van der Waals surface area contributed by atoms with Crippen molar-refractivity contribution in [2.24, 2.45) is 0 Å². The third-order valence-corrected chi connectivity index (χ3v) is 3.28. The van der Waals surface area contributed by atoms with Gasteiger partial charge in [-0.3, -0.25) is 14.3 Å². The van der Waals surface area contributed by atoms with Crippen molar-refractivity contribution in [1.29, 1.82) is 0 Å². The first-order valence-corrected chi connectivity index (χ1v) is 6.14.